The van der Waals surface area contributed by atoms with Crippen LogP contribution in [0.2, 0.25) is 0 Å². The molecule has 0 saturated heterocycles. The molecule has 2 heterocycles. The van der Waals surface area contributed by atoms with Gasteiger partial charge in [-0.3, -0.25) is 9.59 Å². The molecule has 0 saturated carbocycles. The largest absolute Gasteiger partial charge is 0.454 e. The first kappa shape index (κ1) is 23.8. The standard InChI is InChI=1S/C26H27FN2O4S/c1-3-11-28(26(31)20-6-4-5-7-21(20)27)16-25(30)29(15-24-18(2)10-12-34-24)14-19-8-9-22-23(13-19)33-17-32-22/h4-10,12-13H,3,11,14-17H2,1-2H3. The second-order valence-electron chi connectivity index (χ2n) is 8.17. The molecule has 0 fully saturated rings. The van der Waals surface area contributed by atoms with Crippen LogP contribution in [0.25, 0.3) is 0 Å². The first-order valence-electron chi connectivity index (χ1n) is 11.2. The number of aryl methyl sites for hydroxylation is 1. The van der Waals surface area contributed by atoms with Crippen molar-refractivity contribution >= 4 is 23.2 Å². The van der Waals surface area contributed by atoms with Gasteiger partial charge in [0.05, 0.1) is 12.1 Å². The van der Waals surface area contributed by atoms with Crippen LogP contribution in [0.15, 0.2) is 53.9 Å². The second-order valence-corrected chi connectivity index (χ2v) is 9.17. The van der Waals surface area contributed by atoms with Crippen LogP contribution in [0.5, 0.6) is 11.5 Å². The minimum Gasteiger partial charge on any atom is -0.454 e. The predicted octanol–water partition coefficient (Wildman–Crippen LogP) is 5.01. The molecule has 1 aromatic heterocycles. The summed E-state index contributed by atoms with van der Waals surface area (Å²) in [4.78, 5) is 30.8. The highest BCUT2D eigenvalue weighted by Crippen LogP contribution is 2.33. The second kappa shape index (κ2) is 10.7. The maximum atomic E-state index is 14.3. The number of rotatable bonds is 9. The van der Waals surface area contributed by atoms with Gasteiger partial charge in [0.1, 0.15) is 12.4 Å². The van der Waals surface area contributed by atoms with Gasteiger partial charge in [-0.15, -0.1) is 11.3 Å². The Morgan fingerprint density at radius 3 is 2.56 bits per heavy atom. The monoisotopic (exact) mass is 482 g/mol. The summed E-state index contributed by atoms with van der Waals surface area (Å²) in [5.74, 6) is 0.0552. The fourth-order valence-electron chi connectivity index (χ4n) is 3.82. The third kappa shape index (κ3) is 5.39. The van der Waals surface area contributed by atoms with Gasteiger partial charge >= 0.3 is 0 Å². The number of halogens is 1. The van der Waals surface area contributed by atoms with Gasteiger partial charge in [-0.1, -0.05) is 25.1 Å². The van der Waals surface area contributed by atoms with E-state index in [9.17, 15) is 14.0 Å². The van der Waals surface area contributed by atoms with Crippen molar-refractivity contribution in [3.8, 4) is 11.5 Å². The molecular formula is C26H27FN2O4S. The topological polar surface area (TPSA) is 59.1 Å². The Labute approximate surface area is 202 Å². The number of hydrogen-bond acceptors (Lipinski definition) is 5. The third-order valence-corrected chi connectivity index (χ3v) is 6.68. The SMILES string of the molecule is CCCN(CC(=O)N(Cc1ccc2c(c1)OCO2)Cc1sccc1C)C(=O)c1ccccc1F. The summed E-state index contributed by atoms with van der Waals surface area (Å²) in [6.45, 7) is 5.11. The smallest absolute Gasteiger partial charge is 0.257 e. The van der Waals surface area contributed by atoms with Crippen molar-refractivity contribution in [2.75, 3.05) is 19.9 Å². The fourth-order valence-corrected chi connectivity index (χ4v) is 4.74. The van der Waals surface area contributed by atoms with Crippen LogP contribution in [-0.2, 0) is 17.9 Å². The molecule has 3 aromatic rings. The molecule has 2 amide bonds. The minimum atomic E-state index is -0.590. The van der Waals surface area contributed by atoms with E-state index in [0.717, 1.165) is 16.0 Å². The number of hydrogen-bond donors (Lipinski definition) is 0. The van der Waals surface area contributed by atoms with E-state index in [0.29, 0.717) is 37.6 Å². The first-order chi connectivity index (χ1) is 16.5. The molecule has 178 valence electrons. The summed E-state index contributed by atoms with van der Waals surface area (Å²) in [5.41, 5.74) is 1.98. The summed E-state index contributed by atoms with van der Waals surface area (Å²) < 4.78 is 25.1. The number of amides is 2. The van der Waals surface area contributed by atoms with Crippen LogP contribution in [0.4, 0.5) is 4.39 Å². The average molecular weight is 483 g/mol. The van der Waals surface area contributed by atoms with E-state index in [1.165, 1.54) is 23.1 Å². The molecule has 0 spiro atoms. The van der Waals surface area contributed by atoms with Gasteiger partial charge in [-0.25, -0.2) is 4.39 Å². The first-order valence-corrected chi connectivity index (χ1v) is 12.1. The van der Waals surface area contributed by atoms with Crippen molar-refractivity contribution in [1.29, 1.82) is 0 Å². The number of benzene rings is 2. The van der Waals surface area contributed by atoms with Gasteiger partial charge < -0.3 is 19.3 Å². The van der Waals surface area contributed by atoms with Gasteiger partial charge in [0, 0.05) is 18.0 Å². The number of carbonyl (C=O) groups is 2. The summed E-state index contributed by atoms with van der Waals surface area (Å²) in [5, 5.41) is 2.00. The Morgan fingerprint density at radius 2 is 1.82 bits per heavy atom. The molecule has 1 aliphatic heterocycles. The number of carbonyl (C=O) groups excluding carboxylic acids is 2. The maximum absolute atomic E-state index is 14.3. The van der Waals surface area contributed by atoms with Crippen molar-refractivity contribution in [3.63, 3.8) is 0 Å². The molecule has 1 aliphatic rings. The molecule has 0 atom stereocenters. The Bertz CT molecular complexity index is 1180. The number of fused-ring (bicyclic) bond motifs is 1. The van der Waals surface area contributed by atoms with E-state index in [4.69, 9.17) is 9.47 Å². The molecule has 0 N–H and O–H groups in total. The zero-order valence-electron chi connectivity index (χ0n) is 19.3. The van der Waals surface area contributed by atoms with Crippen LogP contribution < -0.4 is 9.47 Å². The summed E-state index contributed by atoms with van der Waals surface area (Å²) in [6.07, 6.45) is 0.652. The molecule has 8 heteroatoms. The van der Waals surface area contributed by atoms with Gasteiger partial charge in [0.15, 0.2) is 11.5 Å². The summed E-state index contributed by atoms with van der Waals surface area (Å²) in [7, 11) is 0. The summed E-state index contributed by atoms with van der Waals surface area (Å²) >= 11 is 1.59. The molecule has 4 rings (SSSR count). The Hall–Kier alpha value is -3.39. The van der Waals surface area contributed by atoms with Gasteiger partial charge in [-0.2, -0.15) is 0 Å². The lowest BCUT2D eigenvalue weighted by atomic mass is 10.1. The molecule has 34 heavy (non-hydrogen) atoms. The quantitative estimate of drug-likeness (QED) is 0.430. The molecule has 0 radical (unpaired) electrons. The van der Waals surface area contributed by atoms with E-state index in [1.54, 1.807) is 22.3 Å². The maximum Gasteiger partial charge on any atom is 0.257 e. The van der Waals surface area contributed by atoms with Gasteiger partial charge in [0.25, 0.3) is 5.91 Å². The van der Waals surface area contributed by atoms with Crippen molar-refractivity contribution in [3.05, 3.63) is 81.3 Å². The predicted molar refractivity (Wildman–Crippen MR) is 128 cm³/mol. The fraction of sp³-hybridized carbons (Fsp3) is 0.308. The zero-order valence-corrected chi connectivity index (χ0v) is 20.1. The van der Waals surface area contributed by atoms with E-state index in [2.05, 4.69) is 0 Å². The third-order valence-electron chi connectivity index (χ3n) is 5.68. The van der Waals surface area contributed by atoms with Crippen molar-refractivity contribution < 1.29 is 23.5 Å². The van der Waals surface area contributed by atoms with E-state index in [-0.39, 0.29) is 24.8 Å². The molecule has 0 unspecified atom stereocenters. The zero-order chi connectivity index (χ0) is 24.1. The number of ether oxygens (including phenoxy) is 2. The highest BCUT2D eigenvalue weighted by atomic mass is 32.1. The average Bonchev–Trinajstić information content (AvgIpc) is 3.46. The lowest BCUT2D eigenvalue weighted by Crippen LogP contribution is -2.43. The lowest BCUT2D eigenvalue weighted by Gasteiger charge is -2.28. The Kier molecular flexibility index (Phi) is 7.47. The van der Waals surface area contributed by atoms with Crippen LogP contribution in [0, 0.1) is 12.7 Å². The van der Waals surface area contributed by atoms with Crippen LogP contribution in [0.1, 0.15) is 39.7 Å². The van der Waals surface area contributed by atoms with Crippen molar-refractivity contribution in [2.45, 2.75) is 33.4 Å². The van der Waals surface area contributed by atoms with Gasteiger partial charge in [0.2, 0.25) is 12.7 Å². The number of nitrogens with zero attached hydrogens (tertiary/aromatic N) is 2. The normalized spacial score (nSPS) is 12.0. The van der Waals surface area contributed by atoms with Gasteiger partial charge in [-0.05, 0) is 60.2 Å². The Morgan fingerprint density at radius 1 is 1.03 bits per heavy atom. The molecular weight excluding hydrogens is 455 g/mol. The van der Waals surface area contributed by atoms with Crippen molar-refractivity contribution in [1.82, 2.24) is 9.80 Å². The lowest BCUT2D eigenvalue weighted by molar-refractivity contribution is -0.133. The summed E-state index contributed by atoms with van der Waals surface area (Å²) in [6, 6.07) is 13.5. The van der Waals surface area contributed by atoms with Crippen molar-refractivity contribution in [2.24, 2.45) is 0 Å². The molecule has 6 nitrogen and oxygen atoms in total. The molecule has 0 aliphatic carbocycles. The van der Waals surface area contributed by atoms with E-state index in [1.807, 2.05) is 43.5 Å². The highest BCUT2D eigenvalue weighted by Gasteiger charge is 2.25. The van der Waals surface area contributed by atoms with Crippen LogP contribution in [0.3, 0.4) is 0 Å². The molecule has 0 bridgehead atoms. The highest BCUT2D eigenvalue weighted by molar-refractivity contribution is 7.10. The van der Waals surface area contributed by atoms with Crippen LogP contribution >= 0.6 is 11.3 Å². The number of thiophene rings is 1. The van der Waals surface area contributed by atoms with Crippen LogP contribution in [-0.4, -0.2) is 41.5 Å². The Balaban J connectivity index is 1.56. The van der Waals surface area contributed by atoms with E-state index < -0.39 is 11.7 Å². The minimum absolute atomic E-state index is 0.0276. The molecule has 2 aromatic carbocycles. The van der Waals surface area contributed by atoms with E-state index >= 15 is 0 Å².